The van der Waals surface area contributed by atoms with E-state index in [1.807, 2.05) is 7.05 Å². The highest BCUT2D eigenvalue weighted by Gasteiger charge is 2.16. The Labute approximate surface area is 89.9 Å². The molecule has 2 unspecified atom stereocenters. The molecule has 0 aromatic carbocycles. The molecule has 0 aliphatic carbocycles. The van der Waals surface area contributed by atoms with Gasteiger partial charge in [0.1, 0.15) is 0 Å². The van der Waals surface area contributed by atoms with Crippen LogP contribution in [0.1, 0.15) is 39.5 Å². The van der Waals surface area contributed by atoms with Gasteiger partial charge in [0.2, 0.25) is 0 Å². The van der Waals surface area contributed by atoms with Crippen LogP contribution in [0.4, 0.5) is 0 Å². The van der Waals surface area contributed by atoms with Crippen molar-refractivity contribution in [2.24, 2.45) is 11.8 Å². The Kier molecular flexibility index (Phi) is 9.42. The van der Waals surface area contributed by atoms with Gasteiger partial charge < -0.3 is 10.6 Å². The zero-order valence-electron chi connectivity index (χ0n) is 10.4. The Hall–Kier alpha value is -0.0800. The third-order valence-corrected chi connectivity index (χ3v) is 3.18. The monoisotopic (exact) mass is 200 g/mol. The van der Waals surface area contributed by atoms with Crippen LogP contribution in [0.2, 0.25) is 0 Å². The molecule has 0 amide bonds. The lowest BCUT2D eigenvalue weighted by atomic mass is 9.84. The summed E-state index contributed by atoms with van der Waals surface area (Å²) in [5, 5.41) is 6.53. The van der Waals surface area contributed by atoms with E-state index in [0.29, 0.717) is 0 Å². The van der Waals surface area contributed by atoms with Gasteiger partial charge in [-0.05, 0) is 51.9 Å². The van der Waals surface area contributed by atoms with Crippen LogP contribution in [0.3, 0.4) is 0 Å². The molecule has 2 N–H and O–H groups in total. The average Bonchev–Trinajstić information content (AvgIpc) is 2.22. The SMILES string of the molecule is CCC(CCCNC)C(CC)CNC. The fourth-order valence-electron chi connectivity index (χ4n) is 2.22. The molecular formula is C12H28N2. The van der Waals surface area contributed by atoms with E-state index in [2.05, 4.69) is 31.5 Å². The predicted molar refractivity (Wildman–Crippen MR) is 64.6 cm³/mol. The molecule has 0 saturated heterocycles. The van der Waals surface area contributed by atoms with Gasteiger partial charge in [0.15, 0.2) is 0 Å². The van der Waals surface area contributed by atoms with E-state index in [1.54, 1.807) is 0 Å². The van der Waals surface area contributed by atoms with Crippen molar-refractivity contribution in [2.45, 2.75) is 39.5 Å². The molecule has 0 fully saturated rings. The zero-order chi connectivity index (χ0) is 10.8. The highest BCUT2D eigenvalue weighted by atomic mass is 14.8. The maximum Gasteiger partial charge on any atom is -0.00210 e. The molecule has 0 aliphatic rings. The van der Waals surface area contributed by atoms with Gasteiger partial charge >= 0.3 is 0 Å². The Bertz CT molecular complexity index is 115. The second kappa shape index (κ2) is 9.47. The minimum Gasteiger partial charge on any atom is -0.320 e. The summed E-state index contributed by atoms with van der Waals surface area (Å²) in [6.07, 6.45) is 5.32. The summed E-state index contributed by atoms with van der Waals surface area (Å²) in [7, 11) is 4.09. The topological polar surface area (TPSA) is 24.1 Å². The lowest BCUT2D eigenvalue weighted by Crippen LogP contribution is -2.26. The standard InChI is InChI=1S/C12H28N2/c1-5-11(8-7-9-13-3)12(6-2)10-14-4/h11-14H,5-10H2,1-4H3. The molecule has 0 rings (SSSR count). The molecule has 0 saturated carbocycles. The van der Waals surface area contributed by atoms with Crippen molar-refractivity contribution in [1.29, 1.82) is 0 Å². The van der Waals surface area contributed by atoms with Crippen molar-refractivity contribution in [3.05, 3.63) is 0 Å². The molecule has 2 nitrogen and oxygen atoms in total. The molecule has 0 radical (unpaired) electrons. The number of hydrogen-bond donors (Lipinski definition) is 2. The van der Waals surface area contributed by atoms with Gasteiger partial charge in [0.25, 0.3) is 0 Å². The highest BCUT2D eigenvalue weighted by Crippen LogP contribution is 2.23. The van der Waals surface area contributed by atoms with Crippen molar-refractivity contribution in [1.82, 2.24) is 10.6 Å². The van der Waals surface area contributed by atoms with Crippen LogP contribution < -0.4 is 10.6 Å². The van der Waals surface area contributed by atoms with E-state index in [0.717, 1.165) is 18.4 Å². The van der Waals surface area contributed by atoms with Gasteiger partial charge in [-0.3, -0.25) is 0 Å². The fourth-order valence-corrected chi connectivity index (χ4v) is 2.22. The van der Waals surface area contributed by atoms with Gasteiger partial charge in [-0.15, -0.1) is 0 Å². The van der Waals surface area contributed by atoms with Gasteiger partial charge in [0, 0.05) is 0 Å². The number of rotatable bonds is 9. The molecule has 0 bridgehead atoms. The summed E-state index contributed by atoms with van der Waals surface area (Å²) in [6.45, 7) is 6.96. The lowest BCUT2D eigenvalue weighted by molar-refractivity contribution is 0.283. The van der Waals surface area contributed by atoms with Crippen LogP contribution >= 0.6 is 0 Å². The van der Waals surface area contributed by atoms with Crippen LogP contribution in [-0.4, -0.2) is 27.2 Å². The van der Waals surface area contributed by atoms with Crippen molar-refractivity contribution >= 4 is 0 Å². The summed E-state index contributed by atoms with van der Waals surface area (Å²) in [6, 6.07) is 0. The second-order valence-corrected chi connectivity index (χ2v) is 4.14. The first-order valence-electron chi connectivity index (χ1n) is 6.09. The van der Waals surface area contributed by atoms with Crippen molar-refractivity contribution < 1.29 is 0 Å². The first-order valence-corrected chi connectivity index (χ1v) is 6.09. The normalized spacial score (nSPS) is 15.4. The van der Waals surface area contributed by atoms with Crippen LogP contribution in [0.5, 0.6) is 0 Å². The third kappa shape index (κ3) is 5.61. The van der Waals surface area contributed by atoms with Crippen molar-refractivity contribution in [3.63, 3.8) is 0 Å². The molecule has 0 heterocycles. The first kappa shape index (κ1) is 13.9. The van der Waals surface area contributed by atoms with Crippen LogP contribution in [0, 0.1) is 11.8 Å². The van der Waals surface area contributed by atoms with Crippen molar-refractivity contribution in [3.8, 4) is 0 Å². The molecule has 2 heteroatoms. The molecule has 0 aliphatic heterocycles. The predicted octanol–water partition coefficient (Wildman–Crippen LogP) is 2.26. The summed E-state index contributed by atoms with van der Waals surface area (Å²) in [5.41, 5.74) is 0. The largest absolute Gasteiger partial charge is 0.320 e. The molecule has 0 aromatic rings. The second-order valence-electron chi connectivity index (χ2n) is 4.14. The molecular weight excluding hydrogens is 172 g/mol. The quantitative estimate of drug-likeness (QED) is 0.558. The summed E-state index contributed by atoms with van der Waals surface area (Å²) < 4.78 is 0. The smallest absolute Gasteiger partial charge is 0.00210 e. The van der Waals surface area contributed by atoms with E-state index in [4.69, 9.17) is 0 Å². The molecule has 0 spiro atoms. The molecule has 86 valence electrons. The average molecular weight is 200 g/mol. The van der Waals surface area contributed by atoms with E-state index >= 15 is 0 Å². The van der Waals surface area contributed by atoms with E-state index in [-0.39, 0.29) is 0 Å². The third-order valence-electron chi connectivity index (χ3n) is 3.18. The Morgan fingerprint density at radius 3 is 2.00 bits per heavy atom. The Balaban J connectivity index is 3.81. The van der Waals surface area contributed by atoms with E-state index < -0.39 is 0 Å². The Morgan fingerprint density at radius 2 is 1.57 bits per heavy atom. The van der Waals surface area contributed by atoms with Crippen LogP contribution in [0.15, 0.2) is 0 Å². The minimum absolute atomic E-state index is 0.863. The van der Waals surface area contributed by atoms with Crippen molar-refractivity contribution in [2.75, 3.05) is 27.2 Å². The number of hydrogen-bond acceptors (Lipinski definition) is 2. The van der Waals surface area contributed by atoms with Crippen LogP contribution in [0.25, 0.3) is 0 Å². The molecule has 14 heavy (non-hydrogen) atoms. The van der Waals surface area contributed by atoms with Gasteiger partial charge in [0.05, 0.1) is 0 Å². The first-order chi connectivity index (χ1) is 6.79. The van der Waals surface area contributed by atoms with Gasteiger partial charge in [-0.25, -0.2) is 0 Å². The minimum atomic E-state index is 0.863. The fraction of sp³-hybridized carbons (Fsp3) is 1.00. The van der Waals surface area contributed by atoms with E-state index in [9.17, 15) is 0 Å². The zero-order valence-corrected chi connectivity index (χ0v) is 10.4. The summed E-state index contributed by atoms with van der Waals surface area (Å²) >= 11 is 0. The van der Waals surface area contributed by atoms with Gasteiger partial charge in [-0.2, -0.15) is 0 Å². The summed E-state index contributed by atoms with van der Waals surface area (Å²) in [4.78, 5) is 0. The highest BCUT2D eigenvalue weighted by molar-refractivity contribution is 4.70. The van der Waals surface area contributed by atoms with Crippen LogP contribution in [-0.2, 0) is 0 Å². The number of nitrogens with one attached hydrogen (secondary N) is 2. The molecule has 2 atom stereocenters. The maximum atomic E-state index is 3.31. The van der Waals surface area contributed by atoms with Gasteiger partial charge in [-0.1, -0.05) is 26.7 Å². The Morgan fingerprint density at radius 1 is 0.929 bits per heavy atom. The van der Waals surface area contributed by atoms with E-state index in [1.165, 1.54) is 32.2 Å². The lowest BCUT2D eigenvalue weighted by Gasteiger charge is -2.25. The molecule has 0 aromatic heterocycles. The summed E-state index contributed by atoms with van der Waals surface area (Å²) in [5.74, 6) is 1.77. The maximum absolute atomic E-state index is 3.31.